The summed E-state index contributed by atoms with van der Waals surface area (Å²) in [5.41, 5.74) is 2.88. The normalized spacial score (nSPS) is 16.3. The first kappa shape index (κ1) is 19.5. The van der Waals surface area contributed by atoms with Gasteiger partial charge < -0.3 is 19.3 Å². The molecule has 0 saturated carbocycles. The van der Waals surface area contributed by atoms with Gasteiger partial charge in [-0.05, 0) is 44.4 Å². The van der Waals surface area contributed by atoms with Crippen molar-refractivity contribution < 1.29 is 14.3 Å². The van der Waals surface area contributed by atoms with Gasteiger partial charge in [0, 0.05) is 43.0 Å². The molecule has 0 spiro atoms. The molecule has 0 aliphatic carbocycles. The summed E-state index contributed by atoms with van der Waals surface area (Å²) in [5.74, 6) is 3.52. The molecular weight excluding hydrogens is 368 g/mol. The summed E-state index contributed by atoms with van der Waals surface area (Å²) in [6, 6.07) is 5.40. The Morgan fingerprint density at radius 3 is 2.62 bits per heavy atom. The Bertz CT molecular complexity index is 929. The lowest BCUT2D eigenvalue weighted by Crippen LogP contribution is -2.35. The van der Waals surface area contributed by atoms with Crippen LogP contribution in [0.15, 0.2) is 18.2 Å². The van der Waals surface area contributed by atoms with E-state index in [-0.39, 0.29) is 12.7 Å². The zero-order valence-corrected chi connectivity index (χ0v) is 17.6. The maximum atomic E-state index is 13.1. The molecule has 29 heavy (non-hydrogen) atoms. The molecule has 1 aromatic heterocycles. The third-order valence-electron chi connectivity index (χ3n) is 5.51. The van der Waals surface area contributed by atoms with Gasteiger partial charge in [-0.2, -0.15) is 0 Å². The smallest absolute Gasteiger partial charge is 0.254 e. The molecule has 0 N–H and O–H groups in total. The molecule has 7 heteroatoms. The number of anilines is 1. The van der Waals surface area contributed by atoms with Gasteiger partial charge in [-0.1, -0.05) is 13.8 Å². The van der Waals surface area contributed by atoms with Crippen LogP contribution in [0.5, 0.6) is 11.5 Å². The van der Waals surface area contributed by atoms with Crippen LogP contribution in [0.3, 0.4) is 0 Å². The number of carbonyl (C=O) groups is 1. The quantitative estimate of drug-likeness (QED) is 0.793. The molecule has 1 fully saturated rings. The van der Waals surface area contributed by atoms with Crippen molar-refractivity contribution in [2.24, 2.45) is 0 Å². The first-order valence-electron chi connectivity index (χ1n) is 10.2. The topological polar surface area (TPSA) is 67.8 Å². The van der Waals surface area contributed by atoms with Crippen LogP contribution in [0, 0.1) is 13.8 Å². The van der Waals surface area contributed by atoms with Crippen LogP contribution in [-0.2, 0) is 0 Å². The van der Waals surface area contributed by atoms with Gasteiger partial charge in [0.15, 0.2) is 11.5 Å². The Morgan fingerprint density at radius 1 is 1.03 bits per heavy atom. The number of hydrogen-bond donors (Lipinski definition) is 0. The second-order valence-electron chi connectivity index (χ2n) is 7.95. The summed E-state index contributed by atoms with van der Waals surface area (Å²) in [6.45, 7) is 11.6. The van der Waals surface area contributed by atoms with Crippen LogP contribution in [0.25, 0.3) is 0 Å². The molecule has 2 aromatic rings. The number of carbonyl (C=O) groups excluding carboxylic acids is 1. The number of aryl methyl sites for hydroxylation is 2. The Hall–Kier alpha value is -2.83. The average molecular weight is 396 g/mol. The molecular formula is C22H28N4O3. The monoisotopic (exact) mass is 396 g/mol. The summed E-state index contributed by atoms with van der Waals surface area (Å²) in [7, 11) is 0. The standard InChI is InChI=1S/C22H28N4O3/c1-14(2)20-15(3)23-16(4)24-21(20)25-8-5-9-26(11-10-25)22(27)17-6-7-18-19(12-17)29-13-28-18/h6-7,12,14H,5,8-11,13H2,1-4H3. The SMILES string of the molecule is Cc1nc(C)c(C(C)C)c(N2CCCN(C(=O)c3ccc4c(c3)OCO4)CC2)n1. The zero-order chi connectivity index (χ0) is 20.5. The van der Waals surface area contributed by atoms with Gasteiger partial charge >= 0.3 is 0 Å². The molecule has 1 amide bonds. The van der Waals surface area contributed by atoms with E-state index in [1.165, 1.54) is 5.56 Å². The molecule has 1 aromatic carbocycles. The fraction of sp³-hybridized carbons (Fsp3) is 0.500. The second kappa shape index (κ2) is 7.89. The Kier molecular flexibility index (Phi) is 5.30. The van der Waals surface area contributed by atoms with Crippen molar-refractivity contribution in [2.75, 3.05) is 37.9 Å². The van der Waals surface area contributed by atoms with Crippen molar-refractivity contribution in [1.82, 2.24) is 14.9 Å². The summed E-state index contributed by atoms with van der Waals surface area (Å²) in [6.07, 6.45) is 0.899. The van der Waals surface area contributed by atoms with Gasteiger partial charge in [0.05, 0.1) is 0 Å². The predicted molar refractivity (Wildman–Crippen MR) is 111 cm³/mol. The minimum absolute atomic E-state index is 0.0317. The highest BCUT2D eigenvalue weighted by molar-refractivity contribution is 5.95. The Labute approximate surface area is 171 Å². The number of fused-ring (bicyclic) bond motifs is 1. The first-order chi connectivity index (χ1) is 13.9. The molecule has 2 aliphatic rings. The van der Waals surface area contributed by atoms with Gasteiger partial charge in [-0.15, -0.1) is 0 Å². The summed E-state index contributed by atoms with van der Waals surface area (Å²) < 4.78 is 10.8. The third-order valence-corrected chi connectivity index (χ3v) is 5.51. The second-order valence-corrected chi connectivity index (χ2v) is 7.95. The fourth-order valence-corrected chi connectivity index (χ4v) is 4.16. The van der Waals surface area contributed by atoms with E-state index in [1.807, 2.05) is 17.9 Å². The lowest BCUT2D eigenvalue weighted by Gasteiger charge is -2.27. The molecule has 2 aliphatic heterocycles. The Balaban J connectivity index is 1.52. The van der Waals surface area contributed by atoms with E-state index in [2.05, 4.69) is 30.7 Å². The van der Waals surface area contributed by atoms with Crippen molar-refractivity contribution >= 4 is 11.7 Å². The molecule has 7 nitrogen and oxygen atoms in total. The molecule has 0 atom stereocenters. The molecule has 154 valence electrons. The molecule has 4 rings (SSSR count). The van der Waals surface area contributed by atoms with Crippen molar-refractivity contribution in [3.63, 3.8) is 0 Å². The molecule has 3 heterocycles. The van der Waals surface area contributed by atoms with E-state index in [1.54, 1.807) is 12.1 Å². The van der Waals surface area contributed by atoms with Crippen LogP contribution >= 0.6 is 0 Å². The number of benzene rings is 1. The van der Waals surface area contributed by atoms with Gasteiger partial charge in [0.25, 0.3) is 5.91 Å². The van der Waals surface area contributed by atoms with Crippen molar-refractivity contribution in [2.45, 2.75) is 40.0 Å². The third kappa shape index (κ3) is 3.86. The fourth-order valence-electron chi connectivity index (χ4n) is 4.16. The number of rotatable bonds is 3. The lowest BCUT2D eigenvalue weighted by molar-refractivity contribution is 0.0766. The zero-order valence-electron chi connectivity index (χ0n) is 17.6. The molecule has 0 bridgehead atoms. The Morgan fingerprint density at radius 2 is 1.83 bits per heavy atom. The summed E-state index contributed by atoms with van der Waals surface area (Å²) >= 11 is 0. The van der Waals surface area contributed by atoms with Crippen molar-refractivity contribution in [1.29, 1.82) is 0 Å². The van der Waals surface area contributed by atoms with Crippen LogP contribution in [0.4, 0.5) is 5.82 Å². The molecule has 0 radical (unpaired) electrons. The van der Waals surface area contributed by atoms with E-state index >= 15 is 0 Å². The van der Waals surface area contributed by atoms with Gasteiger partial charge in [0.2, 0.25) is 6.79 Å². The lowest BCUT2D eigenvalue weighted by atomic mass is 10.0. The van der Waals surface area contributed by atoms with Gasteiger partial charge in [-0.3, -0.25) is 4.79 Å². The minimum Gasteiger partial charge on any atom is -0.454 e. The van der Waals surface area contributed by atoms with E-state index in [0.29, 0.717) is 29.5 Å². The van der Waals surface area contributed by atoms with Gasteiger partial charge in [-0.25, -0.2) is 9.97 Å². The first-order valence-corrected chi connectivity index (χ1v) is 10.2. The minimum atomic E-state index is 0.0317. The number of amides is 1. The van der Waals surface area contributed by atoms with Crippen molar-refractivity contribution in [3.05, 3.63) is 40.8 Å². The van der Waals surface area contributed by atoms with E-state index < -0.39 is 0 Å². The maximum Gasteiger partial charge on any atom is 0.254 e. The maximum absolute atomic E-state index is 13.1. The van der Waals surface area contributed by atoms with E-state index in [4.69, 9.17) is 14.5 Å². The molecule has 1 saturated heterocycles. The molecule has 0 unspecified atom stereocenters. The van der Waals surface area contributed by atoms with Crippen molar-refractivity contribution in [3.8, 4) is 11.5 Å². The van der Waals surface area contributed by atoms with Crippen LogP contribution < -0.4 is 14.4 Å². The predicted octanol–water partition coefficient (Wildman–Crippen LogP) is 3.30. The number of aromatic nitrogens is 2. The highest BCUT2D eigenvalue weighted by atomic mass is 16.7. The van der Waals surface area contributed by atoms with Crippen LogP contribution in [-0.4, -0.2) is 53.7 Å². The van der Waals surface area contributed by atoms with E-state index in [9.17, 15) is 4.79 Å². The van der Waals surface area contributed by atoms with Gasteiger partial charge in [0.1, 0.15) is 11.6 Å². The van der Waals surface area contributed by atoms with Crippen LogP contribution in [0.2, 0.25) is 0 Å². The van der Waals surface area contributed by atoms with E-state index in [0.717, 1.165) is 43.4 Å². The summed E-state index contributed by atoms with van der Waals surface area (Å²) in [4.78, 5) is 26.6. The van der Waals surface area contributed by atoms with Crippen LogP contribution in [0.1, 0.15) is 53.6 Å². The number of nitrogens with zero attached hydrogens (tertiary/aromatic N) is 4. The number of ether oxygens (including phenoxy) is 2. The highest BCUT2D eigenvalue weighted by Gasteiger charge is 2.25. The largest absolute Gasteiger partial charge is 0.454 e. The highest BCUT2D eigenvalue weighted by Crippen LogP contribution is 2.33. The number of hydrogen-bond acceptors (Lipinski definition) is 6. The average Bonchev–Trinajstić information content (AvgIpc) is 3.01. The summed E-state index contributed by atoms with van der Waals surface area (Å²) in [5, 5.41) is 0.